The van der Waals surface area contributed by atoms with E-state index in [9.17, 15) is 0 Å². The Bertz CT molecular complexity index is 213. The number of hydrogen-bond donors (Lipinski definition) is 0. The van der Waals surface area contributed by atoms with Crippen LogP contribution >= 0.6 is 0 Å². The Kier molecular flexibility index (Phi) is 2.58. The Morgan fingerprint density at radius 2 is 2.07 bits per heavy atom. The largest absolute Gasteiger partial charge is 0.369 e. The Balaban J connectivity index is 2.07. The summed E-state index contributed by atoms with van der Waals surface area (Å²) in [5.41, 5.74) is 0. The van der Waals surface area contributed by atoms with Crippen LogP contribution in [0.2, 0.25) is 0 Å². The summed E-state index contributed by atoms with van der Waals surface area (Å²) >= 11 is 0. The molecule has 4 atom stereocenters. The molecule has 0 N–H and O–H groups in total. The van der Waals surface area contributed by atoms with E-state index in [0.29, 0.717) is 18.6 Å². The lowest BCUT2D eigenvalue weighted by Crippen LogP contribution is -2.48. The molecule has 0 aromatic carbocycles. The van der Waals surface area contributed by atoms with Gasteiger partial charge in [-0.05, 0) is 20.3 Å². The molecule has 2 aliphatic heterocycles. The third-order valence-corrected chi connectivity index (χ3v) is 3.24. The highest BCUT2D eigenvalue weighted by Gasteiger charge is 2.47. The highest BCUT2D eigenvalue weighted by Crippen LogP contribution is 2.37. The fourth-order valence-electron chi connectivity index (χ4n) is 2.41. The quantitative estimate of drug-likeness (QED) is 0.647. The first-order chi connectivity index (χ1) is 6.53. The molecule has 0 aromatic heterocycles. The summed E-state index contributed by atoms with van der Waals surface area (Å²) in [5, 5.41) is 0. The van der Waals surface area contributed by atoms with Crippen LogP contribution in [-0.4, -0.2) is 30.7 Å². The van der Waals surface area contributed by atoms with Gasteiger partial charge in [0.15, 0.2) is 5.79 Å². The van der Waals surface area contributed by atoms with E-state index in [1.54, 1.807) is 0 Å². The van der Waals surface area contributed by atoms with Crippen molar-refractivity contribution in [3.8, 4) is 0 Å². The van der Waals surface area contributed by atoms with Crippen LogP contribution in [0.1, 0.15) is 34.1 Å². The van der Waals surface area contributed by atoms with Crippen molar-refractivity contribution in [2.45, 2.75) is 58.2 Å². The fraction of sp³-hybridized carbons (Fsp3) is 1.00. The zero-order valence-corrected chi connectivity index (χ0v) is 9.45. The minimum Gasteiger partial charge on any atom is -0.369 e. The van der Waals surface area contributed by atoms with Crippen LogP contribution in [0.15, 0.2) is 0 Å². The molecule has 2 rings (SSSR count). The molecule has 0 amide bonds. The molecule has 14 heavy (non-hydrogen) atoms. The molecule has 3 heteroatoms. The Morgan fingerprint density at radius 1 is 1.36 bits per heavy atom. The molecule has 2 aliphatic rings. The highest BCUT2D eigenvalue weighted by molar-refractivity contribution is 4.91. The molecular weight excluding hydrogens is 180 g/mol. The van der Waals surface area contributed by atoms with Gasteiger partial charge >= 0.3 is 0 Å². The number of rotatable bonds is 1. The van der Waals surface area contributed by atoms with E-state index in [1.807, 2.05) is 13.8 Å². The third-order valence-electron chi connectivity index (χ3n) is 3.24. The Labute approximate surface area is 85.7 Å². The molecule has 0 radical (unpaired) electrons. The summed E-state index contributed by atoms with van der Waals surface area (Å²) in [6, 6.07) is 0. The second kappa shape index (κ2) is 3.47. The van der Waals surface area contributed by atoms with Crippen molar-refractivity contribution < 1.29 is 14.2 Å². The van der Waals surface area contributed by atoms with Crippen molar-refractivity contribution in [2.24, 2.45) is 5.92 Å². The first-order valence-electron chi connectivity index (χ1n) is 5.50. The van der Waals surface area contributed by atoms with Gasteiger partial charge in [0.05, 0.1) is 18.8 Å². The molecule has 2 saturated heterocycles. The molecule has 0 bridgehead atoms. The average molecular weight is 200 g/mol. The van der Waals surface area contributed by atoms with E-state index < -0.39 is 5.79 Å². The van der Waals surface area contributed by atoms with Crippen LogP contribution in [0.4, 0.5) is 0 Å². The van der Waals surface area contributed by atoms with Crippen LogP contribution in [0, 0.1) is 5.92 Å². The molecule has 82 valence electrons. The van der Waals surface area contributed by atoms with Gasteiger partial charge in [-0.1, -0.05) is 13.8 Å². The van der Waals surface area contributed by atoms with Crippen molar-refractivity contribution >= 4 is 0 Å². The summed E-state index contributed by atoms with van der Waals surface area (Å²) in [6.45, 7) is 8.97. The van der Waals surface area contributed by atoms with E-state index in [4.69, 9.17) is 14.2 Å². The predicted molar refractivity (Wildman–Crippen MR) is 53.0 cm³/mol. The zero-order valence-electron chi connectivity index (χ0n) is 9.45. The van der Waals surface area contributed by atoms with Gasteiger partial charge in [0, 0.05) is 5.92 Å². The highest BCUT2D eigenvalue weighted by atomic mass is 16.7. The van der Waals surface area contributed by atoms with E-state index in [-0.39, 0.29) is 12.2 Å². The summed E-state index contributed by atoms with van der Waals surface area (Å²) in [7, 11) is 0. The SMILES string of the molecule is CC[C@H]1O[C@H]2COC(C)(C)O[C@H]2[C@@H]1C. The average Bonchev–Trinajstić information content (AvgIpc) is 2.42. The monoisotopic (exact) mass is 200 g/mol. The molecule has 2 heterocycles. The topological polar surface area (TPSA) is 27.7 Å². The first kappa shape index (κ1) is 10.4. The maximum absolute atomic E-state index is 5.89. The van der Waals surface area contributed by atoms with Crippen LogP contribution < -0.4 is 0 Å². The van der Waals surface area contributed by atoms with Gasteiger partial charge in [0.25, 0.3) is 0 Å². The van der Waals surface area contributed by atoms with Gasteiger partial charge < -0.3 is 14.2 Å². The van der Waals surface area contributed by atoms with Crippen LogP contribution in [0.5, 0.6) is 0 Å². The lowest BCUT2D eigenvalue weighted by atomic mass is 9.96. The van der Waals surface area contributed by atoms with Crippen LogP contribution in [0.25, 0.3) is 0 Å². The minimum atomic E-state index is -0.443. The fourth-order valence-corrected chi connectivity index (χ4v) is 2.41. The van der Waals surface area contributed by atoms with E-state index in [0.717, 1.165) is 6.42 Å². The normalized spacial score (nSPS) is 46.3. The minimum absolute atomic E-state index is 0.142. The van der Waals surface area contributed by atoms with Crippen LogP contribution in [-0.2, 0) is 14.2 Å². The predicted octanol–water partition coefficient (Wildman–Crippen LogP) is 1.95. The smallest absolute Gasteiger partial charge is 0.163 e. The maximum Gasteiger partial charge on any atom is 0.163 e. The summed E-state index contributed by atoms with van der Waals surface area (Å²) in [5.74, 6) is 0.0368. The first-order valence-corrected chi connectivity index (χ1v) is 5.50. The van der Waals surface area contributed by atoms with Gasteiger partial charge in [-0.2, -0.15) is 0 Å². The number of hydrogen-bond acceptors (Lipinski definition) is 3. The molecule has 0 unspecified atom stereocenters. The van der Waals surface area contributed by atoms with Gasteiger partial charge in [-0.25, -0.2) is 0 Å². The van der Waals surface area contributed by atoms with Crippen molar-refractivity contribution in [1.82, 2.24) is 0 Å². The molecule has 0 aliphatic carbocycles. The lowest BCUT2D eigenvalue weighted by Gasteiger charge is -2.38. The Hall–Kier alpha value is -0.120. The van der Waals surface area contributed by atoms with Gasteiger partial charge in [0.2, 0.25) is 0 Å². The maximum atomic E-state index is 5.89. The van der Waals surface area contributed by atoms with Gasteiger partial charge in [-0.3, -0.25) is 0 Å². The summed E-state index contributed by atoms with van der Waals surface area (Å²) in [4.78, 5) is 0. The Morgan fingerprint density at radius 3 is 2.71 bits per heavy atom. The third kappa shape index (κ3) is 1.69. The number of ether oxygens (including phenoxy) is 3. The summed E-state index contributed by atoms with van der Waals surface area (Å²) < 4.78 is 17.3. The zero-order chi connectivity index (χ0) is 10.3. The standard InChI is InChI=1S/C11H20O3/c1-5-8-7(2)10-9(13-8)6-12-11(3,4)14-10/h7-10H,5-6H2,1-4H3/t7-,8-,9+,10+/m1/s1. The van der Waals surface area contributed by atoms with E-state index >= 15 is 0 Å². The molecule has 3 nitrogen and oxygen atoms in total. The van der Waals surface area contributed by atoms with Gasteiger partial charge in [0.1, 0.15) is 6.10 Å². The van der Waals surface area contributed by atoms with Crippen molar-refractivity contribution in [3.63, 3.8) is 0 Å². The lowest BCUT2D eigenvalue weighted by molar-refractivity contribution is -0.296. The second-order valence-electron chi connectivity index (χ2n) is 4.77. The second-order valence-corrected chi connectivity index (χ2v) is 4.77. The molecule has 0 aromatic rings. The van der Waals surface area contributed by atoms with E-state index in [2.05, 4.69) is 13.8 Å². The molecule has 0 spiro atoms. The molecular formula is C11H20O3. The number of fused-ring (bicyclic) bond motifs is 1. The van der Waals surface area contributed by atoms with Crippen molar-refractivity contribution in [1.29, 1.82) is 0 Å². The van der Waals surface area contributed by atoms with Crippen LogP contribution in [0.3, 0.4) is 0 Å². The summed E-state index contributed by atoms with van der Waals surface area (Å²) in [6.07, 6.45) is 1.74. The van der Waals surface area contributed by atoms with Gasteiger partial charge in [-0.15, -0.1) is 0 Å². The van der Waals surface area contributed by atoms with Crippen molar-refractivity contribution in [2.75, 3.05) is 6.61 Å². The van der Waals surface area contributed by atoms with Crippen molar-refractivity contribution in [3.05, 3.63) is 0 Å². The van der Waals surface area contributed by atoms with E-state index in [1.165, 1.54) is 0 Å². The molecule has 2 fully saturated rings. The molecule has 0 saturated carbocycles.